The summed E-state index contributed by atoms with van der Waals surface area (Å²) in [4.78, 5) is 14.3. The van der Waals surface area contributed by atoms with Crippen LogP contribution in [0.1, 0.15) is 17.1 Å². The molecule has 3 rings (SSSR count). The molecule has 126 valence electrons. The second kappa shape index (κ2) is 6.84. The minimum Gasteiger partial charge on any atom is -0.484 e. The van der Waals surface area contributed by atoms with Crippen molar-refractivity contribution in [3.8, 4) is 5.75 Å². The molecule has 0 bridgehead atoms. The largest absolute Gasteiger partial charge is 0.484 e. The van der Waals surface area contributed by atoms with Gasteiger partial charge in [-0.05, 0) is 19.1 Å². The Morgan fingerprint density at radius 1 is 1.38 bits per heavy atom. The predicted molar refractivity (Wildman–Crippen MR) is 88.1 cm³/mol. The lowest BCUT2D eigenvalue weighted by atomic mass is 10.2. The predicted octanol–water partition coefficient (Wildman–Crippen LogP) is 3.55. The third-order valence-electron chi connectivity index (χ3n) is 3.38. The van der Waals surface area contributed by atoms with E-state index in [2.05, 4.69) is 20.2 Å². The van der Waals surface area contributed by atoms with Crippen LogP contribution in [0, 0.1) is 6.92 Å². The number of halogens is 1. The summed E-state index contributed by atoms with van der Waals surface area (Å²) < 4.78 is 15.3. The topological polar surface area (TPSA) is 89.4 Å². The van der Waals surface area contributed by atoms with Crippen molar-refractivity contribution in [2.24, 2.45) is 0 Å². The van der Waals surface area contributed by atoms with Crippen LogP contribution in [0.25, 0.3) is 10.9 Å². The lowest BCUT2D eigenvalue weighted by Gasteiger charge is -2.06. The van der Waals surface area contributed by atoms with Gasteiger partial charge in [0.15, 0.2) is 5.76 Å². The fourth-order valence-corrected chi connectivity index (χ4v) is 2.50. The van der Waals surface area contributed by atoms with Crippen molar-refractivity contribution in [3.05, 3.63) is 46.4 Å². The van der Waals surface area contributed by atoms with Crippen LogP contribution >= 0.6 is 11.6 Å². The average molecular weight is 350 g/mol. The van der Waals surface area contributed by atoms with Gasteiger partial charge in [0.05, 0.1) is 24.4 Å². The highest BCUT2D eigenvalue weighted by atomic mass is 35.5. The Labute approximate surface area is 142 Å². The second-order valence-electron chi connectivity index (χ2n) is 5.23. The molecule has 1 amide bonds. The van der Waals surface area contributed by atoms with Crippen molar-refractivity contribution in [2.75, 3.05) is 7.11 Å². The molecule has 24 heavy (non-hydrogen) atoms. The number of aromatic amines is 1. The van der Waals surface area contributed by atoms with Gasteiger partial charge in [0.2, 0.25) is 0 Å². The summed E-state index contributed by atoms with van der Waals surface area (Å²) in [6.07, 6.45) is -0.488. The van der Waals surface area contributed by atoms with Crippen molar-refractivity contribution in [3.63, 3.8) is 0 Å². The first-order valence-corrected chi connectivity index (χ1v) is 7.61. The molecule has 0 aliphatic heterocycles. The number of amides is 1. The third kappa shape index (κ3) is 3.62. The SMILES string of the molecule is COC(=O)NCc1cc2cc(Cl)c(OCc3cc(C)no3)cc2[nH]1. The molecule has 2 aromatic heterocycles. The minimum absolute atomic E-state index is 0.240. The standard InChI is InChI=1S/C16H16ClN3O4/c1-9-3-12(24-20-9)8-23-15-6-14-10(5-13(15)17)4-11(19-14)7-18-16(21)22-2/h3-6,19H,7-8H2,1-2H3,(H,18,21). The fraction of sp³-hybridized carbons (Fsp3) is 0.250. The number of ether oxygens (including phenoxy) is 2. The molecule has 7 nitrogen and oxygen atoms in total. The molecular formula is C16H16ClN3O4. The molecule has 0 aliphatic carbocycles. The number of fused-ring (bicyclic) bond motifs is 1. The number of carbonyl (C=O) groups is 1. The maximum Gasteiger partial charge on any atom is 0.407 e. The number of carbonyl (C=O) groups excluding carboxylic acids is 1. The highest BCUT2D eigenvalue weighted by Gasteiger charge is 2.10. The van der Waals surface area contributed by atoms with Crippen LogP contribution in [0.3, 0.4) is 0 Å². The fourth-order valence-electron chi connectivity index (χ4n) is 2.27. The number of hydrogen-bond donors (Lipinski definition) is 2. The molecule has 0 unspecified atom stereocenters. The van der Waals surface area contributed by atoms with Gasteiger partial charge in [0.25, 0.3) is 0 Å². The zero-order valence-corrected chi connectivity index (χ0v) is 13.9. The van der Waals surface area contributed by atoms with Crippen LogP contribution in [-0.4, -0.2) is 23.3 Å². The van der Waals surface area contributed by atoms with Gasteiger partial charge in [0, 0.05) is 28.7 Å². The van der Waals surface area contributed by atoms with E-state index < -0.39 is 6.09 Å². The van der Waals surface area contributed by atoms with Crippen molar-refractivity contribution in [2.45, 2.75) is 20.1 Å². The van der Waals surface area contributed by atoms with Crippen molar-refractivity contribution < 1.29 is 18.8 Å². The van der Waals surface area contributed by atoms with Gasteiger partial charge >= 0.3 is 6.09 Å². The number of hydrogen-bond acceptors (Lipinski definition) is 5. The molecule has 0 radical (unpaired) electrons. The maximum absolute atomic E-state index is 11.1. The molecule has 0 spiro atoms. The van der Waals surface area contributed by atoms with Gasteiger partial charge in [-0.3, -0.25) is 0 Å². The van der Waals surface area contributed by atoms with E-state index in [-0.39, 0.29) is 6.61 Å². The lowest BCUT2D eigenvalue weighted by molar-refractivity contribution is 0.170. The summed E-state index contributed by atoms with van der Waals surface area (Å²) in [7, 11) is 1.32. The number of aromatic nitrogens is 2. The minimum atomic E-state index is -0.488. The zero-order valence-electron chi connectivity index (χ0n) is 13.2. The number of alkyl carbamates (subject to hydrolysis) is 1. The van der Waals surface area contributed by atoms with E-state index in [9.17, 15) is 4.79 Å². The molecule has 3 aromatic rings. The number of benzene rings is 1. The van der Waals surface area contributed by atoms with E-state index in [0.717, 1.165) is 22.3 Å². The summed E-state index contributed by atoms with van der Waals surface area (Å²) >= 11 is 6.26. The number of nitrogens with one attached hydrogen (secondary N) is 2. The highest BCUT2D eigenvalue weighted by molar-refractivity contribution is 6.32. The highest BCUT2D eigenvalue weighted by Crippen LogP contribution is 2.31. The van der Waals surface area contributed by atoms with Crippen LogP contribution in [0.15, 0.2) is 28.8 Å². The summed E-state index contributed by atoms with van der Waals surface area (Å²) in [5.41, 5.74) is 2.47. The average Bonchev–Trinajstić information content (AvgIpc) is 3.15. The third-order valence-corrected chi connectivity index (χ3v) is 3.68. The van der Waals surface area contributed by atoms with Gasteiger partial charge in [0.1, 0.15) is 12.4 Å². The van der Waals surface area contributed by atoms with Gasteiger partial charge in [-0.15, -0.1) is 0 Å². The Balaban J connectivity index is 1.74. The van der Waals surface area contributed by atoms with Gasteiger partial charge < -0.3 is 24.3 Å². The molecule has 2 heterocycles. The Morgan fingerprint density at radius 2 is 2.21 bits per heavy atom. The molecule has 0 aliphatic rings. The normalized spacial score (nSPS) is 10.8. The van der Waals surface area contributed by atoms with Gasteiger partial charge in [-0.25, -0.2) is 4.79 Å². The quantitative estimate of drug-likeness (QED) is 0.735. The lowest BCUT2D eigenvalue weighted by Crippen LogP contribution is -2.22. The van der Waals surface area contributed by atoms with E-state index in [1.807, 2.05) is 19.1 Å². The van der Waals surface area contributed by atoms with Crippen molar-refractivity contribution in [1.82, 2.24) is 15.5 Å². The van der Waals surface area contributed by atoms with Gasteiger partial charge in [-0.1, -0.05) is 16.8 Å². The monoisotopic (exact) mass is 349 g/mol. The molecule has 0 saturated heterocycles. The molecular weight excluding hydrogens is 334 g/mol. The molecule has 8 heteroatoms. The first-order valence-electron chi connectivity index (χ1n) is 7.23. The van der Waals surface area contributed by atoms with Crippen molar-refractivity contribution in [1.29, 1.82) is 0 Å². The van der Waals surface area contributed by atoms with Gasteiger partial charge in [-0.2, -0.15) is 0 Å². The van der Waals surface area contributed by atoms with Crippen LogP contribution in [0.2, 0.25) is 5.02 Å². The van der Waals surface area contributed by atoms with Crippen LogP contribution in [0.4, 0.5) is 4.79 Å². The van der Waals surface area contributed by atoms with Crippen LogP contribution in [-0.2, 0) is 17.9 Å². The Kier molecular flexibility index (Phi) is 4.61. The first kappa shape index (κ1) is 16.2. The van der Waals surface area contributed by atoms with E-state index in [4.69, 9.17) is 20.9 Å². The Morgan fingerprint density at radius 3 is 2.92 bits per heavy atom. The second-order valence-corrected chi connectivity index (χ2v) is 5.64. The molecule has 1 aromatic carbocycles. The number of H-pyrrole nitrogens is 1. The number of aryl methyl sites for hydroxylation is 1. The summed E-state index contributed by atoms with van der Waals surface area (Å²) in [5.74, 6) is 1.16. The summed E-state index contributed by atoms with van der Waals surface area (Å²) in [6.45, 7) is 2.41. The molecule has 0 atom stereocenters. The Bertz CT molecular complexity index is 871. The molecule has 0 saturated carbocycles. The summed E-state index contributed by atoms with van der Waals surface area (Å²) in [5, 5.41) is 7.83. The van der Waals surface area contributed by atoms with Crippen LogP contribution in [0.5, 0.6) is 5.75 Å². The van der Waals surface area contributed by atoms with E-state index in [0.29, 0.717) is 23.1 Å². The zero-order chi connectivity index (χ0) is 17.1. The number of rotatable bonds is 5. The van der Waals surface area contributed by atoms with E-state index >= 15 is 0 Å². The molecule has 0 fully saturated rings. The number of nitrogens with zero attached hydrogens (tertiary/aromatic N) is 1. The summed E-state index contributed by atoms with van der Waals surface area (Å²) in [6, 6.07) is 7.32. The smallest absolute Gasteiger partial charge is 0.407 e. The van der Waals surface area contributed by atoms with Crippen molar-refractivity contribution >= 4 is 28.6 Å². The molecule has 2 N–H and O–H groups in total. The maximum atomic E-state index is 11.1. The van der Waals surface area contributed by atoms with Crippen LogP contribution < -0.4 is 10.1 Å². The Hall–Kier alpha value is -2.67. The van der Waals surface area contributed by atoms with E-state index in [1.165, 1.54) is 7.11 Å². The first-order chi connectivity index (χ1) is 11.5. The number of methoxy groups -OCH3 is 1. The van der Waals surface area contributed by atoms with E-state index in [1.54, 1.807) is 12.1 Å².